The summed E-state index contributed by atoms with van der Waals surface area (Å²) in [6.45, 7) is 2.29. The van der Waals surface area contributed by atoms with Gasteiger partial charge in [-0.3, -0.25) is 0 Å². The van der Waals surface area contributed by atoms with Crippen LogP contribution in [-0.2, 0) is 25.5 Å². The number of rotatable bonds is 7. The summed E-state index contributed by atoms with van der Waals surface area (Å²) in [6.07, 6.45) is 0. The average molecular weight is 498 g/mol. The second-order valence-corrected chi connectivity index (χ2v) is 9.73. The third-order valence-corrected chi connectivity index (χ3v) is 8.68. The lowest BCUT2D eigenvalue weighted by Gasteiger charge is -2.19. The highest BCUT2D eigenvalue weighted by Gasteiger charge is 2.22. The summed E-state index contributed by atoms with van der Waals surface area (Å²) >= 11 is 8.22. The second kappa shape index (κ2) is 9.28. The standard InChI is InChI=1S/C16H17ClINO3S2/c1-2-22-16(12-17)23(15-11-7-6-10-14(15)18)19-24(20,21)13-8-4-3-5-9-13/h3-11,16H,2,12H2,1H3/t16-,23-/m1/s1. The number of hydrogen-bond acceptors (Lipinski definition) is 3. The van der Waals surface area contributed by atoms with E-state index in [-0.39, 0.29) is 10.8 Å². The largest absolute Gasteiger partial charge is 0.365 e. The van der Waals surface area contributed by atoms with Gasteiger partial charge < -0.3 is 4.74 Å². The van der Waals surface area contributed by atoms with Gasteiger partial charge in [-0.05, 0) is 64.5 Å². The van der Waals surface area contributed by atoms with E-state index in [9.17, 15) is 8.42 Å². The minimum absolute atomic E-state index is 0.162. The third-order valence-electron chi connectivity index (χ3n) is 3.01. The van der Waals surface area contributed by atoms with E-state index < -0.39 is 26.2 Å². The highest BCUT2D eigenvalue weighted by atomic mass is 127. The van der Waals surface area contributed by atoms with Crippen LogP contribution in [-0.4, -0.2) is 26.3 Å². The van der Waals surface area contributed by atoms with Gasteiger partial charge in [0.05, 0.1) is 10.8 Å². The molecule has 0 aliphatic heterocycles. The number of halogens is 2. The van der Waals surface area contributed by atoms with Crippen LogP contribution in [0.4, 0.5) is 0 Å². The van der Waals surface area contributed by atoms with Gasteiger partial charge in [0.1, 0.15) is 5.44 Å². The Morgan fingerprint density at radius 1 is 1.17 bits per heavy atom. The van der Waals surface area contributed by atoms with Crippen LogP contribution in [0.3, 0.4) is 0 Å². The molecule has 0 unspecified atom stereocenters. The lowest BCUT2D eigenvalue weighted by atomic mass is 10.4. The van der Waals surface area contributed by atoms with Gasteiger partial charge in [0.15, 0.2) is 0 Å². The summed E-state index contributed by atoms with van der Waals surface area (Å²) in [7, 11) is -4.83. The van der Waals surface area contributed by atoms with Crippen molar-refractivity contribution in [3.05, 3.63) is 58.2 Å². The number of nitrogens with zero attached hydrogens (tertiary/aromatic N) is 1. The molecule has 0 aromatic heterocycles. The molecule has 0 bridgehead atoms. The molecule has 2 atom stereocenters. The average Bonchev–Trinajstić information content (AvgIpc) is 2.59. The van der Waals surface area contributed by atoms with E-state index in [4.69, 9.17) is 16.3 Å². The molecule has 0 saturated carbocycles. The zero-order chi connectivity index (χ0) is 17.6. The lowest BCUT2D eigenvalue weighted by molar-refractivity contribution is 0.137. The summed E-state index contributed by atoms with van der Waals surface area (Å²) < 4.78 is 36.2. The Morgan fingerprint density at radius 2 is 1.79 bits per heavy atom. The van der Waals surface area contributed by atoms with Crippen LogP contribution in [0.5, 0.6) is 0 Å². The van der Waals surface area contributed by atoms with Crippen molar-refractivity contribution in [3.8, 4) is 0 Å². The normalized spacial score (nSPS) is 14.5. The van der Waals surface area contributed by atoms with E-state index in [1.54, 1.807) is 18.2 Å². The Kier molecular flexibility index (Phi) is 7.67. The molecule has 0 amide bonds. The number of hydrogen-bond donors (Lipinski definition) is 0. The molecule has 0 radical (unpaired) electrons. The van der Waals surface area contributed by atoms with Crippen LogP contribution in [0.15, 0.2) is 68.2 Å². The number of ether oxygens (including phenoxy) is 1. The molecule has 2 rings (SSSR count). The Morgan fingerprint density at radius 3 is 2.38 bits per heavy atom. The van der Waals surface area contributed by atoms with Crippen molar-refractivity contribution >= 4 is 54.9 Å². The first kappa shape index (κ1) is 19.8. The molecule has 0 saturated heterocycles. The number of benzene rings is 2. The van der Waals surface area contributed by atoms with Crippen molar-refractivity contribution in [2.24, 2.45) is 3.77 Å². The Balaban J connectivity index is 2.60. The highest BCUT2D eigenvalue weighted by molar-refractivity contribution is 14.1. The molecule has 0 spiro atoms. The second-order valence-electron chi connectivity index (χ2n) is 4.65. The van der Waals surface area contributed by atoms with Gasteiger partial charge in [-0.15, -0.1) is 15.4 Å². The summed E-state index contributed by atoms with van der Waals surface area (Å²) in [6, 6.07) is 15.7. The highest BCUT2D eigenvalue weighted by Crippen LogP contribution is 2.25. The lowest BCUT2D eigenvalue weighted by Crippen LogP contribution is -2.23. The van der Waals surface area contributed by atoms with Gasteiger partial charge in [0.2, 0.25) is 0 Å². The minimum Gasteiger partial charge on any atom is -0.365 e. The third kappa shape index (κ3) is 5.01. The SMILES string of the molecule is CCO[C@@H](CCl)[S@](=NS(=O)(=O)c1ccccc1)c1ccccc1I. The number of sulfonamides is 1. The van der Waals surface area contributed by atoms with Crippen molar-refractivity contribution in [3.63, 3.8) is 0 Å². The molecule has 0 aliphatic rings. The summed E-state index contributed by atoms with van der Waals surface area (Å²) in [5.74, 6) is 0.162. The molecule has 2 aromatic carbocycles. The topological polar surface area (TPSA) is 55.7 Å². The predicted octanol–water partition coefficient (Wildman–Crippen LogP) is 4.44. The molecule has 0 N–H and O–H groups in total. The molecule has 2 aromatic rings. The van der Waals surface area contributed by atoms with Crippen molar-refractivity contribution < 1.29 is 13.2 Å². The van der Waals surface area contributed by atoms with Gasteiger partial charge in [-0.25, -0.2) is 0 Å². The van der Waals surface area contributed by atoms with Gasteiger partial charge in [0, 0.05) is 15.1 Å². The van der Waals surface area contributed by atoms with Crippen LogP contribution in [0.1, 0.15) is 6.92 Å². The molecule has 24 heavy (non-hydrogen) atoms. The molecule has 130 valence electrons. The first-order valence-electron chi connectivity index (χ1n) is 7.18. The maximum atomic E-state index is 12.7. The van der Waals surface area contributed by atoms with Gasteiger partial charge in [0.25, 0.3) is 10.0 Å². The van der Waals surface area contributed by atoms with E-state index in [1.165, 1.54) is 12.1 Å². The fourth-order valence-corrected chi connectivity index (χ4v) is 7.00. The Bertz CT molecular complexity index is 813. The zero-order valence-corrected chi connectivity index (χ0v) is 17.5. The molecular weight excluding hydrogens is 481 g/mol. The Hall–Kier alpha value is -0.480. The maximum absolute atomic E-state index is 12.7. The predicted molar refractivity (Wildman–Crippen MR) is 107 cm³/mol. The van der Waals surface area contributed by atoms with E-state index >= 15 is 0 Å². The number of alkyl halides is 1. The maximum Gasteiger partial charge on any atom is 0.288 e. The summed E-state index contributed by atoms with van der Waals surface area (Å²) in [5.41, 5.74) is -0.494. The first-order chi connectivity index (χ1) is 11.5. The summed E-state index contributed by atoms with van der Waals surface area (Å²) in [4.78, 5) is 0.981. The van der Waals surface area contributed by atoms with Crippen molar-refractivity contribution in [1.29, 1.82) is 0 Å². The van der Waals surface area contributed by atoms with Crippen LogP contribution < -0.4 is 0 Å². The summed E-state index contributed by atoms with van der Waals surface area (Å²) in [5, 5.41) is 0. The van der Waals surface area contributed by atoms with Gasteiger partial charge >= 0.3 is 0 Å². The first-order valence-corrected chi connectivity index (χ1v) is 11.5. The van der Waals surface area contributed by atoms with Crippen molar-refractivity contribution in [2.45, 2.75) is 22.2 Å². The molecule has 8 heteroatoms. The van der Waals surface area contributed by atoms with E-state index in [0.717, 1.165) is 8.47 Å². The molecule has 0 fully saturated rings. The molecule has 4 nitrogen and oxygen atoms in total. The minimum atomic E-state index is -3.80. The molecular formula is C16H17ClINO3S2. The fourth-order valence-electron chi connectivity index (χ4n) is 1.94. The van der Waals surface area contributed by atoms with Crippen molar-refractivity contribution in [2.75, 3.05) is 12.5 Å². The van der Waals surface area contributed by atoms with E-state index in [0.29, 0.717) is 6.61 Å². The monoisotopic (exact) mass is 497 g/mol. The van der Waals surface area contributed by atoms with Gasteiger partial charge in [-0.2, -0.15) is 8.42 Å². The van der Waals surface area contributed by atoms with E-state index in [2.05, 4.69) is 26.4 Å². The van der Waals surface area contributed by atoms with Crippen LogP contribution >= 0.6 is 34.2 Å². The fraction of sp³-hybridized carbons (Fsp3) is 0.250. The molecule has 0 aliphatic carbocycles. The van der Waals surface area contributed by atoms with E-state index in [1.807, 2.05) is 31.2 Å². The van der Waals surface area contributed by atoms with Crippen LogP contribution in [0.2, 0.25) is 0 Å². The Labute approximate surface area is 163 Å². The quantitative estimate of drug-likeness (QED) is 0.420. The van der Waals surface area contributed by atoms with Crippen LogP contribution in [0, 0.1) is 3.57 Å². The smallest absolute Gasteiger partial charge is 0.288 e. The van der Waals surface area contributed by atoms with Crippen molar-refractivity contribution in [1.82, 2.24) is 0 Å². The zero-order valence-electron chi connectivity index (χ0n) is 12.9. The van der Waals surface area contributed by atoms with Gasteiger partial charge in [-0.1, -0.05) is 30.3 Å². The molecule has 0 heterocycles. The van der Waals surface area contributed by atoms with Crippen LogP contribution in [0.25, 0.3) is 0 Å².